The standard InChI is InChI=1S/C30H36N2O4/c1-6-35-29-22(5)30-25(26(18-36-30)23-11-10-19(2)15-20(23)3)17-24(29)21(4)16-27(33)31-12-8-14-32-13-7-9-28(32)34/h10-11,15-18H,6-9,12-14H2,1-5H3,(H,31,33)/b21-16+. The van der Waals surface area contributed by atoms with Crippen LogP contribution >= 0.6 is 0 Å². The van der Waals surface area contributed by atoms with Gasteiger partial charge in [-0.25, -0.2) is 0 Å². The molecule has 0 unspecified atom stereocenters. The molecule has 2 aromatic carbocycles. The molecule has 0 saturated carbocycles. The van der Waals surface area contributed by atoms with E-state index in [-0.39, 0.29) is 11.8 Å². The summed E-state index contributed by atoms with van der Waals surface area (Å²) in [4.78, 5) is 26.3. The Morgan fingerprint density at radius 2 is 2.00 bits per heavy atom. The number of amides is 2. The van der Waals surface area contributed by atoms with E-state index in [1.807, 2.05) is 31.9 Å². The highest BCUT2D eigenvalue weighted by atomic mass is 16.5. The summed E-state index contributed by atoms with van der Waals surface area (Å²) in [7, 11) is 0. The van der Waals surface area contributed by atoms with Crippen molar-refractivity contribution in [1.29, 1.82) is 0 Å². The normalized spacial score (nSPS) is 14.1. The SMILES string of the molecule is CCOc1c(/C(C)=C/C(=O)NCCCN2CCCC2=O)cc2c(-c3ccc(C)cc3C)coc2c1C. The molecule has 1 saturated heterocycles. The molecule has 0 radical (unpaired) electrons. The topological polar surface area (TPSA) is 71.8 Å². The smallest absolute Gasteiger partial charge is 0.244 e. The van der Waals surface area contributed by atoms with Gasteiger partial charge in [-0.05, 0) is 70.2 Å². The number of fused-ring (bicyclic) bond motifs is 1. The van der Waals surface area contributed by atoms with Crippen LogP contribution in [0.25, 0.3) is 27.7 Å². The van der Waals surface area contributed by atoms with Crippen LogP contribution in [0.4, 0.5) is 0 Å². The fourth-order valence-electron chi connectivity index (χ4n) is 5.01. The van der Waals surface area contributed by atoms with Crippen molar-refractivity contribution in [2.45, 2.75) is 53.9 Å². The Hall–Kier alpha value is -3.54. The van der Waals surface area contributed by atoms with Gasteiger partial charge in [-0.2, -0.15) is 0 Å². The number of likely N-dealkylation sites (tertiary alicyclic amines) is 1. The molecule has 1 aliphatic rings. The molecular formula is C30H36N2O4. The van der Waals surface area contributed by atoms with E-state index in [9.17, 15) is 9.59 Å². The van der Waals surface area contributed by atoms with E-state index in [1.54, 1.807) is 6.08 Å². The molecule has 3 aromatic rings. The summed E-state index contributed by atoms with van der Waals surface area (Å²) in [5.74, 6) is 0.800. The van der Waals surface area contributed by atoms with E-state index in [2.05, 4.69) is 43.4 Å². The van der Waals surface area contributed by atoms with Crippen molar-refractivity contribution in [1.82, 2.24) is 10.2 Å². The summed E-state index contributed by atoms with van der Waals surface area (Å²) in [5.41, 5.74) is 7.99. The lowest BCUT2D eigenvalue weighted by atomic mass is 9.94. The van der Waals surface area contributed by atoms with E-state index in [0.717, 1.165) is 63.9 Å². The average molecular weight is 489 g/mol. The maximum absolute atomic E-state index is 12.7. The number of carbonyl (C=O) groups is 2. The zero-order chi connectivity index (χ0) is 25.8. The molecule has 0 spiro atoms. The van der Waals surface area contributed by atoms with Gasteiger partial charge >= 0.3 is 0 Å². The van der Waals surface area contributed by atoms with Gasteiger partial charge in [-0.3, -0.25) is 9.59 Å². The van der Waals surface area contributed by atoms with Crippen LogP contribution in [0.15, 0.2) is 41.0 Å². The van der Waals surface area contributed by atoms with Crippen molar-refractivity contribution >= 4 is 28.4 Å². The van der Waals surface area contributed by atoms with Gasteiger partial charge < -0.3 is 19.4 Å². The summed E-state index contributed by atoms with van der Waals surface area (Å²) >= 11 is 0. The van der Waals surface area contributed by atoms with Crippen molar-refractivity contribution < 1.29 is 18.7 Å². The van der Waals surface area contributed by atoms with Crippen LogP contribution in [-0.4, -0.2) is 43.0 Å². The molecule has 4 rings (SSSR count). The Morgan fingerprint density at radius 1 is 1.19 bits per heavy atom. The fourth-order valence-corrected chi connectivity index (χ4v) is 5.01. The molecule has 36 heavy (non-hydrogen) atoms. The number of benzene rings is 2. The van der Waals surface area contributed by atoms with Crippen LogP contribution in [0.3, 0.4) is 0 Å². The molecule has 190 valence electrons. The van der Waals surface area contributed by atoms with Gasteiger partial charge in [-0.15, -0.1) is 0 Å². The van der Waals surface area contributed by atoms with Gasteiger partial charge in [0.05, 0.1) is 12.9 Å². The van der Waals surface area contributed by atoms with Gasteiger partial charge in [0.1, 0.15) is 11.3 Å². The number of aryl methyl sites for hydroxylation is 3. The van der Waals surface area contributed by atoms with E-state index < -0.39 is 0 Å². The molecule has 2 heterocycles. The van der Waals surface area contributed by atoms with E-state index in [4.69, 9.17) is 9.15 Å². The Kier molecular flexibility index (Phi) is 7.82. The van der Waals surface area contributed by atoms with Crippen molar-refractivity contribution in [3.05, 3.63) is 58.9 Å². The van der Waals surface area contributed by atoms with Gasteiger partial charge in [0.2, 0.25) is 11.8 Å². The van der Waals surface area contributed by atoms with E-state index in [1.165, 1.54) is 11.1 Å². The van der Waals surface area contributed by atoms with Crippen LogP contribution in [0.5, 0.6) is 5.75 Å². The van der Waals surface area contributed by atoms with Gasteiger partial charge in [-0.1, -0.05) is 23.8 Å². The lowest BCUT2D eigenvalue weighted by molar-refractivity contribution is -0.127. The van der Waals surface area contributed by atoms with Crippen LogP contribution in [-0.2, 0) is 9.59 Å². The summed E-state index contributed by atoms with van der Waals surface area (Å²) in [6.07, 6.45) is 5.75. The number of allylic oxidation sites excluding steroid dienone is 1. The second-order valence-electron chi connectivity index (χ2n) is 9.61. The van der Waals surface area contributed by atoms with Gasteiger partial charge in [0, 0.05) is 54.2 Å². The Balaban J connectivity index is 1.59. The highest BCUT2D eigenvalue weighted by Crippen LogP contribution is 2.41. The second-order valence-corrected chi connectivity index (χ2v) is 9.61. The third-order valence-electron chi connectivity index (χ3n) is 6.85. The molecule has 6 heteroatoms. The number of carbonyl (C=O) groups excluding carboxylic acids is 2. The Labute approximate surface area is 213 Å². The molecule has 0 bridgehead atoms. The highest BCUT2D eigenvalue weighted by Gasteiger charge is 2.21. The second kappa shape index (κ2) is 11.0. The zero-order valence-electron chi connectivity index (χ0n) is 22.0. The average Bonchev–Trinajstić information content (AvgIpc) is 3.44. The van der Waals surface area contributed by atoms with Crippen LogP contribution in [0.1, 0.15) is 55.4 Å². The molecule has 0 atom stereocenters. The Morgan fingerprint density at radius 3 is 2.69 bits per heavy atom. The van der Waals surface area contributed by atoms with Gasteiger partial charge in [0.15, 0.2) is 0 Å². The zero-order valence-corrected chi connectivity index (χ0v) is 22.0. The molecular weight excluding hydrogens is 452 g/mol. The minimum atomic E-state index is -0.151. The van der Waals surface area contributed by atoms with Crippen molar-refractivity contribution in [3.8, 4) is 16.9 Å². The minimum absolute atomic E-state index is 0.151. The molecule has 1 N–H and O–H groups in total. The molecule has 6 nitrogen and oxygen atoms in total. The summed E-state index contributed by atoms with van der Waals surface area (Å²) in [5, 5.41) is 3.96. The maximum Gasteiger partial charge on any atom is 0.244 e. The molecule has 1 aromatic heterocycles. The number of rotatable bonds is 9. The lowest BCUT2D eigenvalue weighted by Crippen LogP contribution is -2.30. The molecule has 0 aliphatic carbocycles. The van der Waals surface area contributed by atoms with E-state index >= 15 is 0 Å². The molecule has 1 aliphatic heterocycles. The first-order chi connectivity index (χ1) is 17.3. The van der Waals surface area contributed by atoms with Crippen molar-refractivity contribution in [3.63, 3.8) is 0 Å². The first-order valence-electron chi connectivity index (χ1n) is 12.8. The number of hydrogen-bond acceptors (Lipinski definition) is 4. The minimum Gasteiger partial charge on any atom is -0.493 e. The third-order valence-corrected chi connectivity index (χ3v) is 6.85. The van der Waals surface area contributed by atoms with E-state index in [0.29, 0.717) is 26.1 Å². The molecule has 1 fully saturated rings. The van der Waals surface area contributed by atoms with Crippen molar-refractivity contribution in [2.75, 3.05) is 26.2 Å². The predicted octanol–water partition coefficient (Wildman–Crippen LogP) is 5.96. The summed E-state index contributed by atoms with van der Waals surface area (Å²) in [6, 6.07) is 8.49. The number of nitrogens with zero attached hydrogens (tertiary/aromatic N) is 1. The molecule has 2 amide bonds. The lowest BCUT2D eigenvalue weighted by Gasteiger charge is -2.16. The first kappa shape index (κ1) is 25.5. The number of nitrogens with one attached hydrogen (secondary N) is 1. The third kappa shape index (κ3) is 5.32. The van der Waals surface area contributed by atoms with Crippen LogP contribution in [0.2, 0.25) is 0 Å². The van der Waals surface area contributed by atoms with Crippen LogP contribution < -0.4 is 10.1 Å². The number of ether oxygens (including phenoxy) is 1. The largest absolute Gasteiger partial charge is 0.493 e. The number of hydrogen-bond donors (Lipinski definition) is 1. The monoisotopic (exact) mass is 488 g/mol. The quantitative estimate of drug-likeness (QED) is 0.298. The maximum atomic E-state index is 12.7. The summed E-state index contributed by atoms with van der Waals surface area (Å²) < 4.78 is 12.1. The fraction of sp³-hybridized carbons (Fsp3) is 0.400. The summed E-state index contributed by atoms with van der Waals surface area (Å²) in [6.45, 7) is 12.6. The first-order valence-corrected chi connectivity index (χ1v) is 12.8. The Bertz CT molecular complexity index is 1320. The number of furan rings is 1. The van der Waals surface area contributed by atoms with Crippen molar-refractivity contribution in [2.24, 2.45) is 0 Å². The highest BCUT2D eigenvalue weighted by molar-refractivity contribution is 6.02. The van der Waals surface area contributed by atoms with Gasteiger partial charge in [0.25, 0.3) is 0 Å². The van der Waals surface area contributed by atoms with Crippen LogP contribution in [0, 0.1) is 20.8 Å². The predicted molar refractivity (Wildman–Crippen MR) is 144 cm³/mol.